The Bertz CT molecular complexity index is 530. The Morgan fingerprint density at radius 2 is 0.852 bits per heavy atom. The lowest BCUT2D eigenvalue weighted by Crippen LogP contribution is -2.53. The van der Waals surface area contributed by atoms with Crippen LogP contribution in [0.1, 0.15) is 116 Å². The fraction of sp³-hybridized carbons (Fsp3) is 1.00. The molecule has 0 N–H and O–H groups in total. The van der Waals surface area contributed by atoms with Crippen molar-refractivity contribution in [2.45, 2.75) is 138 Å². The Hall–Kier alpha value is -0.120. The van der Waals surface area contributed by atoms with Gasteiger partial charge in [-0.05, 0) is 38.5 Å². The second-order valence-electron chi connectivity index (χ2n) is 10.4. The van der Waals surface area contributed by atoms with Crippen molar-refractivity contribution in [1.82, 2.24) is 0 Å². The van der Waals surface area contributed by atoms with Crippen LogP contribution < -0.4 is 0 Å². The van der Waals surface area contributed by atoms with E-state index in [2.05, 4.69) is 0 Å². The van der Waals surface area contributed by atoms with Crippen molar-refractivity contribution < 1.29 is 14.2 Å². The van der Waals surface area contributed by atoms with Crippen LogP contribution in [0.15, 0.2) is 0 Å². The summed E-state index contributed by atoms with van der Waals surface area (Å²) >= 11 is 0. The summed E-state index contributed by atoms with van der Waals surface area (Å²) in [4.78, 5) is 0. The molecule has 3 nitrogen and oxygen atoms in total. The van der Waals surface area contributed by atoms with Gasteiger partial charge in [0.15, 0.2) is 0 Å². The summed E-state index contributed by atoms with van der Waals surface area (Å²) in [7, 11) is 0. The number of hydrogen-bond acceptors (Lipinski definition) is 3. The summed E-state index contributed by atoms with van der Waals surface area (Å²) in [6, 6.07) is 0. The fourth-order valence-electron chi connectivity index (χ4n) is 6.94. The molecular formula is C24H40O3. The van der Waals surface area contributed by atoms with E-state index in [-0.39, 0.29) is 22.4 Å². The summed E-state index contributed by atoms with van der Waals surface area (Å²) in [5.74, 6) is 0. The lowest BCUT2D eigenvalue weighted by molar-refractivity contribution is -0.131. The lowest BCUT2D eigenvalue weighted by atomic mass is 9.67. The molecule has 5 fully saturated rings. The van der Waals surface area contributed by atoms with E-state index in [4.69, 9.17) is 14.2 Å². The van der Waals surface area contributed by atoms with Crippen LogP contribution in [0.2, 0.25) is 0 Å². The first-order valence-electron chi connectivity index (χ1n) is 12.2. The monoisotopic (exact) mass is 376 g/mol. The van der Waals surface area contributed by atoms with Crippen molar-refractivity contribution in [3.05, 3.63) is 0 Å². The predicted octanol–water partition coefficient (Wildman–Crippen LogP) is 6.08. The first kappa shape index (κ1) is 18.9. The summed E-state index contributed by atoms with van der Waals surface area (Å²) < 4.78 is 20.0. The zero-order chi connectivity index (χ0) is 18.3. The average molecular weight is 377 g/mol. The second-order valence-corrected chi connectivity index (χ2v) is 10.4. The highest BCUT2D eigenvalue weighted by Gasteiger charge is 2.77. The van der Waals surface area contributed by atoms with Gasteiger partial charge in [0.1, 0.15) is 22.4 Å². The molecule has 5 aliphatic rings. The van der Waals surface area contributed by atoms with E-state index >= 15 is 0 Å². The van der Waals surface area contributed by atoms with E-state index in [9.17, 15) is 0 Å². The Balaban J connectivity index is 1.48. The number of ether oxygens (including phenoxy) is 3. The van der Waals surface area contributed by atoms with Crippen molar-refractivity contribution in [3.8, 4) is 0 Å². The van der Waals surface area contributed by atoms with E-state index in [1.54, 1.807) is 0 Å². The fourth-order valence-corrected chi connectivity index (χ4v) is 6.94. The zero-order valence-electron chi connectivity index (χ0n) is 17.4. The Labute approximate surface area is 165 Å². The van der Waals surface area contributed by atoms with E-state index in [0.717, 1.165) is 13.2 Å². The van der Waals surface area contributed by atoms with Crippen LogP contribution in [0.4, 0.5) is 0 Å². The van der Waals surface area contributed by atoms with Crippen molar-refractivity contribution in [3.63, 3.8) is 0 Å². The van der Waals surface area contributed by atoms with Crippen molar-refractivity contribution in [2.75, 3.05) is 13.2 Å². The van der Waals surface area contributed by atoms with Gasteiger partial charge in [0.25, 0.3) is 0 Å². The van der Waals surface area contributed by atoms with Crippen LogP contribution in [-0.4, -0.2) is 35.6 Å². The average Bonchev–Trinajstić information content (AvgIpc) is 3.56. The van der Waals surface area contributed by atoms with Gasteiger partial charge in [-0.3, -0.25) is 0 Å². The molecule has 2 aliphatic carbocycles. The standard InChI is InChI=1S/C24H40O3/c1-2-8-14-22(26-20-21(13-7-1)19-25-21)15-9-3-4-10-16-23-17-11-5-6-12-18-24(22,23)27-23/h1-20H2. The van der Waals surface area contributed by atoms with E-state index in [1.807, 2.05) is 0 Å². The molecule has 0 aromatic carbocycles. The Kier molecular flexibility index (Phi) is 5.10. The molecule has 154 valence electrons. The molecule has 0 bridgehead atoms. The van der Waals surface area contributed by atoms with Crippen LogP contribution in [0.25, 0.3) is 0 Å². The zero-order valence-corrected chi connectivity index (χ0v) is 17.4. The molecule has 0 aromatic heterocycles. The minimum atomic E-state index is -0.0506. The quantitative estimate of drug-likeness (QED) is 0.480. The normalized spacial score (nSPS) is 48.9. The maximum Gasteiger partial charge on any atom is 0.127 e. The van der Waals surface area contributed by atoms with Crippen molar-refractivity contribution in [1.29, 1.82) is 0 Å². The molecule has 4 atom stereocenters. The summed E-state index contributed by atoms with van der Waals surface area (Å²) in [6.45, 7) is 1.73. The third-order valence-electron chi connectivity index (χ3n) is 8.70. The van der Waals surface area contributed by atoms with E-state index in [1.165, 1.54) is 116 Å². The van der Waals surface area contributed by atoms with Crippen molar-refractivity contribution in [2.24, 2.45) is 0 Å². The summed E-state index contributed by atoms with van der Waals surface area (Å²) in [5, 5.41) is 0. The highest BCUT2D eigenvalue weighted by atomic mass is 16.7. The molecule has 2 saturated carbocycles. The largest absolute Gasteiger partial charge is 0.369 e. The number of rotatable bonds is 0. The molecule has 3 saturated heterocycles. The molecule has 4 unspecified atom stereocenters. The van der Waals surface area contributed by atoms with Crippen LogP contribution >= 0.6 is 0 Å². The summed E-state index contributed by atoms with van der Waals surface area (Å²) in [6.07, 6.45) is 23.6. The molecule has 27 heavy (non-hydrogen) atoms. The smallest absolute Gasteiger partial charge is 0.127 e. The van der Waals surface area contributed by atoms with Gasteiger partial charge in [-0.2, -0.15) is 0 Å². The minimum absolute atomic E-state index is 0.0139. The molecular weight excluding hydrogens is 336 g/mol. The first-order valence-corrected chi connectivity index (χ1v) is 12.2. The van der Waals surface area contributed by atoms with Gasteiger partial charge < -0.3 is 14.2 Å². The molecule has 0 amide bonds. The number of epoxide rings is 2. The van der Waals surface area contributed by atoms with Gasteiger partial charge in [0.2, 0.25) is 0 Å². The molecule has 0 aromatic rings. The summed E-state index contributed by atoms with van der Waals surface area (Å²) in [5.41, 5.74) is 0.156. The molecule has 5 rings (SSSR count). The molecule has 0 radical (unpaired) electrons. The van der Waals surface area contributed by atoms with Crippen LogP contribution in [-0.2, 0) is 14.2 Å². The third-order valence-corrected chi connectivity index (χ3v) is 8.70. The van der Waals surface area contributed by atoms with Gasteiger partial charge in [-0.15, -0.1) is 0 Å². The minimum Gasteiger partial charge on any atom is -0.369 e. The maximum atomic E-state index is 7.07. The second kappa shape index (κ2) is 7.29. The molecule has 2 spiro atoms. The highest BCUT2D eigenvalue weighted by molar-refractivity contribution is 5.26. The van der Waals surface area contributed by atoms with E-state index < -0.39 is 0 Å². The Morgan fingerprint density at radius 1 is 0.407 bits per heavy atom. The van der Waals surface area contributed by atoms with Gasteiger partial charge in [-0.25, -0.2) is 0 Å². The van der Waals surface area contributed by atoms with Gasteiger partial charge >= 0.3 is 0 Å². The SMILES string of the molecule is C1CCCC2(CCCCCCC34CCCCCCC23O4)OCC2(CC1)CO2. The lowest BCUT2D eigenvalue weighted by Gasteiger charge is -2.43. The molecule has 3 heterocycles. The van der Waals surface area contributed by atoms with Gasteiger partial charge in [-0.1, -0.05) is 77.0 Å². The highest BCUT2D eigenvalue weighted by Crippen LogP contribution is 2.67. The Morgan fingerprint density at radius 3 is 1.41 bits per heavy atom. The molecule has 3 aliphatic heterocycles. The van der Waals surface area contributed by atoms with Crippen LogP contribution in [0.5, 0.6) is 0 Å². The van der Waals surface area contributed by atoms with Crippen molar-refractivity contribution >= 4 is 0 Å². The van der Waals surface area contributed by atoms with Crippen LogP contribution in [0, 0.1) is 0 Å². The first-order chi connectivity index (χ1) is 13.2. The van der Waals surface area contributed by atoms with Gasteiger partial charge in [0.05, 0.1) is 13.2 Å². The van der Waals surface area contributed by atoms with Crippen LogP contribution in [0.3, 0.4) is 0 Å². The topological polar surface area (TPSA) is 34.3 Å². The number of hydrogen-bond donors (Lipinski definition) is 0. The maximum absolute atomic E-state index is 7.07. The molecule has 3 heteroatoms. The third kappa shape index (κ3) is 3.30. The van der Waals surface area contributed by atoms with E-state index in [0.29, 0.717) is 0 Å². The predicted molar refractivity (Wildman–Crippen MR) is 107 cm³/mol. The van der Waals surface area contributed by atoms with Gasteiger partial charge in [0, 0.05) is 0 Å².